The summed E-state index contributed by atoms with van der Waals surface area (Å²) in [5.74, 6) is -0.181. The third kappa shape index (κ3) is 3.53. The second kappa shape index (κ2) is 7.44. The van der Waals surface area contributed by atoms with E-state index in [-0.39, 0.29) is 24.1 Å². The average Bonchev–Trinajstić information content (AvgIpc) is 3.14. The maximum atomic E-state index is 12.5. The highest BCUT2D eigenvalue weighted by Gasteiger charge is 2.32. The summed E-state index contributed by atoms with van der Waals surface area (Å²) >= 11 is 15.4. The third-order valence-electron chi connectivity index (χ3n) is 4.73. The fourth-order valence-corrected chi connectivity index (χ4v) is 4.21. The van der Waals surface area contributed by atoms with Crippen LogP contribution in [0.3, 0.4) is 0 Å². The van der Waals surface area contributed by atoms with Gasteiger partial charge < -0.3 is 10.2 Å². The van der Waals surface area contributed by atoms with Gasteiger partial charge in [-0.3, -0.25) is 14.3 Å². The minimum Gasteiger partial charge on any atom is -0.494 e. The summed E-state index contributed by atoms with van der Waals surface area (Å²) in [5.41, 5.74) is 2.28. The molecule has 8 heteroatoms. The molecular weight excluding hydrogens is 467 g/mol. The molecule has 2 N–H and O–H groups in total. The van der Waals surface area contributed by atoms with Gasteiger partial charge in [-0.2, -0.15) is 0 Å². The fourth-order valence-electron chi connectivity index (χ4n) is 3.43. The topological polar surface area (TPSA) is 65.7 Å². The summed E-state index contributed by atoms with van der Waals surface area (Å²) in [6.45, 7) is 0.911. The van der Waals surface area contributed by atoms with E-state index in [0.29, 0.717) is 45.5 Å². The molecule has 4 rings (SSSR count). The standard InChI is InChI=1S/C20H15BrCl2N2O3/c21-12-3-1-11(2-4-12)18(26)10-24-8-16-17(9-24)20(28)25(19(16)27)15-6-13(22)5-14(23)7-15/h1-7,27-28H,8-10H2. The second-order valence-electron chi connectivity index (χ2n) is 6.64. The van der Waals surface area contributed by atoms with Crippen molar-refractivity contribution >= 4 is 44.9 Å². The van der Waals surface area contributed by atoms with Gasteiger partial charge in [0.1, 0.15) is 0 Å². The molecule has 0 saturated heterocycles. The Morgan fingerprint density at radius 2 is 1.50 bits per heavy atom. The molecule has 0 fully saturated rings. The van der Waals surface area contributed by atoms with Gasteiger partial charge in [0, 0.05) is 44.3 Å². The molecule has 0 saturated carbocycles. The Labute approximate surface area is 179 Å². The highest BCUT2D eigenvalue weighted by Crippen LogP contribution is 2.42. The Balaban J connectivity index is 1.57. The molecule has 1 aliphatic heterocycles. The lowest BCUT2D eigenvalue weighted by Crippen LogP contribution is -2.25. The van der Waals surface area contributed by atoms with Crippen LogP contribution in [0, 0.1) is 0 Å². The van der Waals surface area contributed by atoms with Gasteiger partial charge in [-0.1, -0.05) is 51.3 Å². The molecule has 3 aromatic rings. The zero-order chi connectivity index (χ0) is 20.0. The normalized spacial score (nSPS) is 13.7. The number of nitrogens with zero attached hydrogens (tertiary/aromatic N) is 2. The molecule has 2 heterocycles. The lowest BCUT2D eigenvalue weighted by Gasteiger charge is -2.16. The number of carbonyl (C=O) groups is 1. The van der Waals surface area contributed by atoms with Gasteiger partial charge in [0.25, 0.3) is 0 Å². The first kappa shape index (κ1) is 19.3. The second-order valence-corrected chi connectivity index (χ2v) is 8.43. The number of aromatic hydroxyl groups is 2. The largest absolute Gasteiger partial charge is 0.494 e. The van der Waals surface area contributed by atoms with Crippen LogP contribution in [0.25, 0.3) is 5.69 Å². The summed E-state index contributed by atoms with van der Waals surface area (Å²) in [4.78, 5) is 14.4. The number of ketones is 1. The van der Waals surface area contributed by atoms with Crippen LogP contribution in [-0.4, -0.2) is 32.0 Å². The molecule has 0 atom stereocenters. The summed E-state index contributed by atoms with van der Waals surface area (Å²) in [6.07, 6.45) is 0. The van der Waals surface area contributed by atoms with E-state index in [0.717, 1.165) is 4.47 Å². The summed E-state index contributed by atoms with van der Waals surface area (Å²) < 4.78 is 2.22. The number of halogens is 3. The minimum absolute atomic E-state index is 0.0221. The number of aromatic nitrogens is 1. The lowest BCUT2D eigenvalue weighted by molar-refractivity contribution is 0.0928. The van der Waals surface area contributed by atoms with Crippen molar-refractivity contribution in [2.45, 2.75) is 13.1 Å². The number of fused-ring (bicyclic) bond motifs is 1. The molecule has 1 aliphatic rings. The van der Waals surface area contributed by atoms with Crippen LogP contribution >= 0.6 is 39.1 Å². The predicted molar refractivity (Wildman–Crippen MR) is 112 cm³/mol. The molecule has 1 aromatic heterocycles. The van der Waals surface area contributed by atoms with Crippen molar-refractivity contribution < 1.29 is 15.0 Å². The van der Waals surface area contributed by atoms with Crippen molar-refractivity contribution in [3.05, 3.63) is 73.7 Å². The average molecular weight is 482 g/mol. The van der Waals surface area contributed by atoms with E-state index in [1.54, 1.807) is 30.3 Å². The van der Waals surface area contributed by atoms with E-state index >= 15 is 0 Å². The monoisotopic (exact) mass is 480 g/mol. The molecule has 5 nitrogen and oxygen atoms in total. The summed E-state index contributed by atoms with van der Waals surface area (Å²) in [5, 5.41) is 22.1. The molecule has 0 aliphatic carbocycles. The quantitative estimate of drug-likeness (QED) is 0.505. The van der Waals surface area contributed by atoms with Crippen molar-refractivity contribution in [3.8, 4) is 17.4 Å². The van der Waals surface area contributed by atoms with Crippen molar-refractivity contribution in [1.29, 1.82) is 0 Å². The van der Waals surface area contributed by atoms with Crippen molar-refractivity contribution in [2.75, 3.05) is 6.54 Å². The molecule has 0 radical (unpaired) electrons. The van der Waals surface area contributed by atoms with Crippen LogP contribution in [0.2, 0.25) is 10.0 Å². The van der Waals surface area contributed by atoms with E-state index in [1.807, 2.05) is 17.0 Å². The smallest absolute Gasteiger partial charge is 0.203 e. The zero-order valence-corrected chi connectivity index (χ0v) is 17.6. The van der Waals surface area contributed by atoms with Gasteiger partial charge in [-0.25, -0.2) is 0 Å². The van der Waals surface area contributed by atoms with Gasteiger partial charge in [0.15, 0.2) is 5.78 Å². The number of rotatable bonds is 4. The van der Waals surface area contributed by atoms with Crippen LogP contribution in [0.15, 0.2) is 46.9 Å². The molecule has 0 amide bonds. The van der Waals surface area contributed by atoms with Crippen LogP contribution in [-0.2, 0) is 13.1 Å². The molecule has 144 valence electrons. The van der Waals surface area contributed by atoms with Gasteiger partial charge >= 0.3 is 0 Å². The van der Waals surface area contributed by atoms with E-state index in [4.69, 9.17) is 23.2 Å². The predicted octanol–water partition coefficient (Wildman–Crippen LogP) is 5.16. The Morgan fingerprint density at radius 1 is 0.964 bits per heavy atom. The van der Waals surface area contributed by atoms with Gasteiger partial charge in [0.05, 0.1) is 12.2 Å². The van der Waals surface area contributed by atoms with E-state index in [9.17, 15) is 15.0 Å². The lowest BCUT2D eigenvalue weighted by atomic mass is 10.1. The summed E-state index contributed by atoms with van der Waals surface area (Å²) in [6, 6.07) is 12.0. The Morgan fingerprint density at radius 3 is 2.04 bits per heavy atom. The number of carbonyl (C=O) groups excluding carboxylic acids is 1. The van der Waals surface area contributed by atoms with Crippen LogP contribution in [0.1, 0.15) is 21.5 Å². The highest BCUT2D eigenvalue weighted by molar-refractivity contribution is 9.10. The number of benzene rings is 2. The molecular formula is C20H15BrCl2N2O3. The molecule has 0 bridgehead atoms. The number of hydrogen-bond acceptors (Lipinski definition) is 4. The maximum Gasteiger partial charge on any atom is 0.203 e. The van der Waals surface area contributed by atoms with E-state index < -0.39 is 0 Å². The van der Waals surface area contributed by atoms with Gasteiger partial charge in [-0.15, -0.1) is 0 Å². The number of hydrogen-bond donors (Lipinski definition) is 2. The highest BCUT2D eigenvalue weighted by atomic mass is 79.9. The van der Waals surface area contributed by atoms with E-state index in [2.05, 4.69) is 15.9 Å². The Hall–Kier alpha value is -1.99. The fraction of sp³-hybridized carbons (Fsp3) is 0.150. The van der Waals surface area contributed by atoms with Crippen LogP contribution in [0.5, 0.6) is 11.8 Å². The van der Waals surface area contributed by atoms with Gasteiger partial charge in [0.2, 0.25) is 11.8 Å². The Bertz CT molecular complexity index is 1030. The van der Waals surface area contributed by atoms with Crippen LogP contribution in [0.4, 0.5) is 0 Å². The van der Waals surface area contributed by atoms with Crippen molar-refractivity contribution in [2.24, 2.45) is 0 Å². The minimum atomic E-state index is -0.0792. The van der Waals surface area contributed by atoms with Crippen molar-refractivity contribution in [1.82, 2.24) is 9.47 Å². The van der Waals surface area contributed by atoms with E-state index in [1.165, 1.54) is 4.57 Å². The molecule has 0 spiro atoms. The van der Waals surface area contributed by atoms with Crippen LogP contribution < -0.4 is 0 Å². The Kier molecular flexibility index (Phi) is 5.14. The molecule has 28 heavy (non-hydrogen) atoms. The number of Topliss-reactive ketones (excluding diaryl/α,β-unsaturated/α-hetero) is 1. The van der Waals surface area contributed by atoms with Crippen molar-refractivity contribution in [3.63, 3.8) is 0 Å². The molecule has 2 aromatic carbocycles. The zero-order valence-electron chi connectivity index (χ0n) is 14.5. The first-order valence-electron chi connectivity index (χ1n) is 8.45. The third-order valence-corrected chi connectivity index (χ3v) is 5.70. The SMILES string of the molecule is O=C(CN1Cc2c(c(O)n(-c3cc(Cl)cc(Cl)c3)c2O)C1)c1ccc(Br)cc1. The first-order chi connectivity index (χ1) is 13.3. The summed E-state index contributed by atoms with van der Waals surface area (Å²) in [7, 11) is 0. The van der Waals surface area contributed by atoms with Gasteiger partial charge in [-0.05, 0) is 30.3 Å². The maximum absolute atomic E-state index is 12.5. The first-order valence-corrected chi connectivity index (χ1v) is 10.0. The molecule has 0 unspecified atom stereocenters.